The lowest BCUT2D eigenvalue weighted by molar-refractivity contribution is 0.122. The third-order valence-electron chi connectivity index (χ3n) is 5.57. The molecule has 2 fully saturated rings. The molecule has 4 heterocycles. The van der Waals surface area contributed by atoms with Gasteiger partial charge in [0.25, 0.3) is 0 Å². The molecule has 0 radical (unpaired) electrons. The molecule has 2 aliphatic heterocycles. The largest absolute Gasteiger partial charge is 0.378 e. The molecule has 0 atom stereocenters. The van der Waals surface area contributed by atoms with E-state index in [0.29, 0.717) is 13.2 Å². The van der Waals surface area contributed by atoms with Crippen molar-refractivity contribution in [3.05, 3.63) is 42.2 Å². The summed E-state index contributed by atoms with van der Waals surface area (Å²) in [4.78, 5) is 23.8. The number of hydrogen-bond donors (Lipinski definition) is 1. The van der Waals surface area contributed by atoms with E-state index in [0.717, 1.165) is 79.3 Å². The smallest absolute Gasteiger partial charge is 0.228 e. The number of rotatable bonds is 5. The van der Waals surface area contributed by atoms with E-state index in [4.69, 9.17) is 14.7 Å². The molecular formula is C22H27N7OS. The summed E-state index contributed by atoms with van der Waals surface area (Å²) >= 11 is 1.70. The monoisotopic (exact) mass is 437 g/mol. The average molecular weight is 438 g/mol. The maximum absolute atomic E-state index is 5.57. The first-order chi connectivity index (χ1) is 15.4. The molecule has 0 bridgehead atoms. The molecule has 0 spiro atoms. The van der Waals surface area contributed by atoms with E-state index in [1.54, 1.807) is 18.1 Å². The molecule has 1 N–H and O–H groups in total. The second-order valence-corrected chi connectivity index (χ2v) is 8.65. The van der Waals surface area contributed by atoms with E-state index in [1.807, 2.05) is 6.07 Å². The Morgan fingerprint density at radius 2 is 1.77 bits per heavy atom. The predicted octanol–water partition coefficient (Wildman–Crippen LogP) is 2.35. The predicted molar refractivity (Wildman–Crippen MR) is 124 cm³/mol. The van der Waals surface area contributed by atoms with Crippen LogP contribution in [-0.2, 0) is 10.5 Å². The van der Waals surface area contributed by atoms with Crippen molar-refractivity contribution in [1.29, 1.82) is 0 Å². The number of aromatic nitrogens is 4. The second kappa shape index (κ2) is 9.76. The van der Waals surface area contributed by atoms with Crippen molar-refractivity contribution in [1.82, 2.24) is 25.3 Å². The maximum Gasteiger partial charge on any atom is 0.228 e. The molecule has 0 saturated carbocycles. The van der Waals surface area contributed by atoms with Crippen LogP contribution in [0.4, 0.5) is 11.8 Å². The van der Waals surface area contributed by atoms with Crippen molar-refractivity contribution in [2.24, 2.45) is 0 Å². The highest BCUT2D eigenvalue weighted by molar-refractivity contribution is 7.98. The molecule has 31 heavy (non-hydrogen) atoms. The van der Waals surface area contributed by atoms with Crippen LogP contribution in [0.3, 0.4) is 0 Å². The maximum atomic E-state index is 5.57. The lowest BCUT2D eigenvalue weighted by Crippen LogP contribution is -2.37. The van der Waals surface area contributed by atoms with Gasteiger partial charge in [-0.25, -0.2) is 15.0 Å². The topological polar surface area (TPSA) is 79.3 Å². The van der Waals surface area contributed by atoms with Gasteiger partial charge in [-0.3, -0.25) is 0 Å². The molecule has 2 aromatic heterocycles. The zero-order chi connectivity index (χ0) is 20.9. The summed E-state index contributed by atoms with van der Waals surface area (Å²) < 4.78 is 5.57. The number of thioether (sulfide) groups is 1. The normalized spacial score (nSPS) is 17.7. The van der Waals surface area contributed by atoms with Gasteiger partial charge in [0, 0.05) is 38.5 Å². The zero-order valence-corrected chi connectivity index (χ0v) is 18.4. The lowest BCUT2D eigenvalue weighted by atomic mass is 10.2. The average Bonchev–Trinajstić information content (AvgIpc) is 3.13. The van der Waals surface area contributed by atoms with Gasteiger partial charge in [0.15, 0.2) is 5.82 Å². The quantitative estimate of drug-likeness (QED) is 0.478. The van der Waals surface area contributed by atoms with Crippen molar-refractivity contribution >= 4 is 34.6 Å². The molecule has 9 heteroatoms. The van der Waals surface area contributed by atoms with Crippen LogP contribution in [0.25, 0.3) is 11.0 Å². The molecule has 0 unspecified atom stereocenters. The van der Waals surface area contributed by atoms with E-state index in [9.17, 15) is 0 Å². The van der Waals surface area contributed by atoms with Crippen LogP contribution in [-0.4, -0.2) is 72.4 Å². The molecule has 3 aromatic rings. The Kier molecular flexibility index (Phi) is 6.43. The number of nitrogens with zero attached hydrogens (tertiary/aromatic N) is 6. The Hall–Kier alpha value is -2.49. The summed E-state index contributed by atoms with van der Waals surface area (Å²) in [7, 11) is 0. The van der Waals surface area contributed by atoms with E-state index < -0.39 is 0 Å². The number of ether oxygens (including phenoxy) is 1. The van der Waals surface area contributed by atoms with Crippen LogP contribution in [0, 0.1) is 0 Å². The lowest BCUT2D eigenvalue weighted by Gasteiger charge is -2.29. The van der Waals surface area contributed by atoms with Crippen LogP contribution in [0.15, 0.2) is 41.7 Å². The van der Waals surface area contributed by atoms with Crippen LogP contribution < -0.4 is 15.1 Å². The summed E-state index contributed by atoms with van der Waals surface area (Å²) in [5.74, 6) is 2.51. The first-order valence-corrected chi connectivity index (χ1v) is 11.8. The first kappa shape index (κ1) is 20.4. The Bertz CT molecular complexity index is 1010. The van der Waals surface area contributed by atoms with Crippen molar-refractivity contribution in [3.63, 3.8) is 0 Å². The minimum Gasteiger partial charge on any atom is -0.378 e. The third kappa shape index (κ3) is 4.73. The van der Waals surface area contributed by atoms with Crippen molar-refractivity contribution in [2.75, 3.05) is 62.3 Å². The SMILES string of the molecule is c1ccc(CSc2ncnc3c(N4CCOCC4)nc(N4CCCNCC4)nc23)cc1. The van der Waals surface area contributed by atoms with Gasteiger partial charge >= 0.3 is 0 Å². The fourth-order valence-corrected chi connectivity index (χ4v) is 4.81. The van der Waals surface area contributed by atoms with Crippen molar-refractivity contribution < 1.29 is 4.74 Å². The summed E-state index contributed by atoms with van der Waals surface area (Å²) in [6, 6.07) is 10.5. The highest BCUT2D eigenvalue weighted by Crippen LogP contribution is 2.32. The Balaban J connectivity index is 1.55. The van der Waals surface area contributed by atoms with Crippen molar-refractivity contribution in [3.8, 4) is 0 Å². The molecule has 2 aliphatic rings. The number of morpholine rings is 1. The summed E-state index contributed by atoms with van der Waals surface area (Å²) in [5, 5.41) is 4.36. The van der Waals surface area contributed by atoms with E-state index in [2.05, 4.69) is 49.4 Å². The Morgan fingerprint density at radius 1 is 0.903 bits per heavy atom. The van der Waals surface area contributed by atoms with Crippen molar-refractivity contribution in [2.45, 2.75) is 17.2 Å². The minimum atomic E-state index is 0.704. The molecule has 0 aliphatic carbocycles. The van der Waals surface area contributed by atoms with Gasteiger partial charge in [-0.05, 0) is 18.5 Å². The van der Waals surface area contributed by atoms with Gasteiger partial charge in [-0.15, -0.1) is 0 Å². The van der Waals surface area contributed by atoms with Gasteiger partial charge in [0.2, 0.25) is 5.95 Å². The number of hydrogen-bond acceptors (Lipinski definition) is 9. The summed E-state index contributed by atoms with van der Waals surface area (Å²) in [5.41, 5.74) is 2.93. The van der Waals surface area contributed by atoms with Crippen LogP contribution >= 0.6 is 11.8 Å². The fourth-order valence-electron chi connectivity index (χ4n) is 3.91. The first-order valence-electron chi connectivity index (χ1n) is 10.9. The summed E-state index contributed by atoms with van der Waals surface area (Å²) in [6.45, 7) is 6.84. The zero-order valence-electron chi connectivity index (χ0n) is 17.5. The Morgan fingerprint density at radius 3 is 2.65 bits per heavy atom. The minimum absolute atomic E-state index is 0.704. The van der Waals surface area contributed by atoms with Crippen LogP contribution in [0.2, 0.25) is 0 Å². The van der Waals surface area contributed by atoms with E-state index >= 15 is 0 Å². The second-order valence-electron chi connectivity index (χ2n) is 7.69. The van der Waals surface area contributed by atoms with Gasteiger partial charge < -0.3 is 19.9 Å². The summed E-state index contributed by atoms with van der Waals surface area (Å²) in [6.07, 6.45) is 2.72. The highest BCUT2D eigenvalue weighted by atomic mass is 32.2. The van der Waals surface area contributed by atoms with Gasteiger partial charge in [-0.1, -0.05) is 42.1 Å². The van der Waals surface area contributed by atoms with Gasteiger partial charge in [-0.2, -0.15) is 4.98 Å². The third-order valence-corrected chi connectivity index (χ3v) is 6.62. The molecule has 0 amide bonds. The van der Waals surface area contributed by atoms with Crippen LogP contribution in [0.5, 0.6) is 0 Å². The number of fused-ring (bicyclic) bond motifs is 1. The van der Waals surface area contributed by atoms with Gasteiger partial charge in [0.05, 0.1) is 13.2 Å². The number of anilines is 2. The molecule has 2 saturated heterocycles. The van der Waals surface area contributed by atoms with Crippen LogP contribution in [0.1, 0.15) is 12.0 Å². The highest BCUT2D eigenvalue weighted by Gasteiger charge is 2.23. The number of benzene rings is 1. The molecule has 162 valence electrons. The number of nitrogens with one attached hydrogen (secondary N) is 1. The molecular weight excluding hydrogens is 410 g/mol. The molecule has 8 nitrogen and oxygen atoms in total. The Labute approximate surface area is 186 Å². The molecule has 1 aromatic carbocycles. The van der Waals surface area contributed by atoms with E-state index in [1.165, 1.54) is 5.56 Å². The van der Waals surface area contributed by atoms with Gasteiger partial charge in [0.1, 0.15) is 22.4 Å². The molecule has 5 rings (SSSR count). The standard InChI is InChI=1S/C22H27N7OS/c1-2-5-17(6-3-1)15-31-21-19-18(24-16-25-21)20(28-11-13-30-14-12-28)27-22(26-19)29-9-4-7-23-8-10-29/h1-3,5-6,16,23H,4,7-15H2. The van der Waals surface area contributed by atoms with E-state index in [-0.39, 0.29) is 0 Å². The fraction of sp³-hybridized carbons (Fsp3) is 0.455.